The average molecular weight is 651 g/mol. The third kappa shape index (κ3) is 4.64. The Hall–Kier alpha value is -6.38. The minimum atomic E-state index is -0.173. The number of benzene rings is 8. The molecule has 1 heterocycles. The lowest BCUT2D eigenvalue weighted by Gasteiger charge is -2.26. The Morgan fingerprint density at radius 3 is 1.73 bits per heavy atom. The van der Waals surface area contributed by atoms with Crippen molar-refractivity contribution >= 4 is 32.3 Å². The number of fused-ring (bicyclic) bond motifs is 7. The third-order valence-corrected chi connectivity index (χ3v) is 10.8. The molecular weight excluding hydrogens is 617 g/mol. The van der Waals surface area contributed by atoms with Crippen LogP contribution in [0.2, 0.25) is 0 Å². The summed E-state index contributed by atoms with van der Waals surface area (Å²) >= 11 is 0. The Kier molecular flexibility index (Phi) is 6.56. The summed E-state index contributed by atoms with van der Waals surface area (Å²) in [5.41, 5.74) is 12.8. The van der Waals surface area contributed by atoms with Crippen LogP contribution in [0, 0.1) is 0 Å². The molecule has 0 spiro atoms. The van der Waals surface area contributed by atoms with Gasteiger partial charge in [-0.25, -0.2) is 9.97 Å². The number of hydrogen-bond acceptors (Lipinski definition) is 2. The Morgan fingerprint density at radius 1 is 0.353 bits per heavy atom. The molecule has 0 radical (unpaired) electrons. The first kappa shape index (κ1) is 29.5. The fourth-order valence-electron chi connectivity index (χ4n) is 8.52. The highest BCUT2D eigenvalue weighted by Gasteiger charge is 2.39. The van der Waals surface area contributed by atoms with E-state index in [0.717, 1.165) is 33.9 Å². The van der Waals surface area contributed by atoms with E-state index in [1.807, 2.05) is 18.2 Å². The van der Waals surface area contributed by atoms with Crippen LogP contribution in [-0.4, -0.2) is 9.97 Å². The molecule has 9 aromatic rings. The molecule has 0 atom stereocenters. The summed E-state index contributed by atoms with van der Waals surface area (Å²) < 4.78 is 0. The van der Waals surface area contributed by atoms with E-state index in [-0.39, 0.29) is 5.41 Å². The fourth-order valence-corrected chi connectivity index (χ4v) is 8.52. The molecule has 0 unspecified atom stereocenters. The van der Waals surface area contributed by atoms with Crippen LogP contribution in [0.25, 0.3) is 88.5 Å². The van der Waals surface area contributed by atoms with Gasteiger partial charge < -0.3 is 0 Å². The number of nitrogens with zero attached hydrogens (tertiary/aromatic N) is 2. The second-order valence-corrected chi connectivity index (χ2v) is 14.2. The average Bonchev–Trinajstić information content (AvgIpc) is 3.44. The van der Waals surface area contributed by atoms with E-state index in [2.05, 4.69) is 166 Å². The zero-order chi connectivity index (χ0) is 34.1. The maximum absolute atomic E-state index is 5.24. The van der Waals surface area contributed by atoms with Crippen molar-refractivity contribution in [2.75, 3.05) is 0 Å². The topological polar surface area (TPSA) is 25.8 Å². The quantitative estimate of drug-likeness (QED) is 0.189. The maximum atomic E-state index is 5.24. The van der Waals surface area contributed by atoms with Crippen LogP contribution in [0.4, 0.5) is 0 Å². The summed E-state index contributed by atoms with van der Waals surface area (Å²) in [6.45, 7) is 4.79. The molecule has 2 nitrogen and oxygen atoms in total. The molecule has 0 fully saturated rings. The molecule has 10 rings (SSSR count). The van der Waals surface area contributed by atoms with Gasteiger partial charge in [0.1, 0.15) is 0 Å². The Labute approximate surface area is 297 Å². The lowest BCUT2D eigenvalue weighted by Crippen LogP contribution is -2.17. The summed E-state index contributed by atoms with van der Waals surface area (Å²) in [5, 5.41) is 7.42. The largest absolute Gasteiger partial charge is 0.228 e. The van der Waals surface area contributed by atoms with Gasteiger partial charge in [-0.2, -0.15) is 0 Å². The molecule has 1 aromatic heterocycles. The normalized spacial score (nSPS) is 13.1. The Morgan fingerprint density at radius 2 is 0.922 bits per heavy atom. The monoisotopic (exact) mass is 650 g/mol. The molecule has 0 amide bonds. The molecule has 0 saturated carbocycles. The lowest BCUT2D eigenvalue weighted by atomic mass is 9.77. The van der Waals surface area contributed by atoms with Gasteiger partial charge in [0.05, 0.1) is 11.4 Å². The van der Waals surface area contributed by atoms with E-state index in [1.165, 1.54) is 65.7 Å². The Balaban J connectivity index is 1.17. The number of hydrogen-bond donors (Lipinski definition) is 0. The molecule has 0 aliphatic heterocycles. The van der Waals surface area contributed by atoms with E-state index >= 15 is 0 Å². The molecule has 0 bridgehead atoms. The van der Waals surface area contributed by atoms with Gasteiger partial charge in [-0.05, 0) is 77.8 Å². The summed E-state index contributed by atoms with van der Waals surface area (Å²) in [6, 6.07) is 61.1. The predicted octanol–water partition coefficient (Wildman–Crippen LogP) is 12.9. The first-order valence-electron chi connectivity index (χ1n) is 17.7. The highest BCUT2D eigenvalue weighted by molar-refractivity contribution is 6.07. The second-order valence-electron chi connectivity index (χ2n) is 14.2. The fraction of sp³-hybridized carbons (Fsp3) is 0.0612. The summed E-state index contributed by atoms with van der Waals surface area (Å²) in [5.74, 6) is 0.719. The van der Waals surface area contributed by atoms with Crippen LogP contribution in [0.15, 0.2) is 170 Å². The highest BCUT2D eigenvalue weighted by atomic mass is 14.9. The zero-order valence-electron chi connectivity index (χ0n) is 28.6. The molecule has 1 aliphatic carbocycles. The molecular formula is C49H34N2. The number of aromatic nitrogens is 2. The van der Waals surface area contributed by atoms with E-state index in [9.17, 15) is 0 Å². The minimum Gasteiger partial charge on any atom is -0.228 e. The van der Waals surface area contributed by atoms with Gasteiger partial charge in [0.2, 0.25) is 0 Å². The van der Waals surface area contributed by atoms with Crippen molar-refractivity contribution < 1.29 is 0 Å². The van der Waals surface area contributed by atoms with Crippen molar-refractivity contribution in [2.24, 2.45) is 0 Å². The summed E-state index contributed by atoms with van der Waals surface area (Å²) in [6.07, 6.45) is 0. The summed E-state index contributed by atoms with van der Waals surface area (Å²) in [7, 11) is 0. The van der Waals surface area contributed by atoms with Crippen molar-refractivity contribution in [1.29, 1.82) is 0 Å². The molecule has 0 N–H and O–H groups in total. The molecule has 8 aromatic carbocycles. The van der Waals surface area contributed by atoms with Gasteiger partial charge in [-0.15, -0.1) is 0 Å². The molecule has 1 aliphatic rings. The van der Waals surface area contributed by atoms with E-state index in [1.54, 1.807) is 0 Å². The molecule has 240 valence electrons. The van der Waals surface area contributed by atoms with Gasteiger partial charge in [0.15, 0.2) is 5.82 Å². The highest BCUT2D eigenvalue weighted by Crippen LogP contribution is 2.55. The van der Waals surface area contributed by atoms with Gasteiger partial charge in [-0.1, -0.05) is 172 Å². The SMILES string of the molecule is CC1(C)c2c(cccc2-c2ccc(-c3cc(-c4ccc5ccccc5c4)nc(-c4ccccc4)n3)c3ccccc23)-c2ccc3ccccc3c21. The molecule has 51 heavy (non-hydrogen) atoms. The summed E-state index contributed by atoms with van der Waals surface area (Å²) in [4.78, 5) is 10.4. The van der Waals surface area contributed by atoms with Crippen LogP contribution in [0.5, 0.6) is 0 Å². The standard InChI is InChI=1S/C49H34N2/c1-49(2)46-36-18-9-8-14-32(36)25-26-43(46)42-22-12-21-41(47(42)49)39-27-28-40(38-20-11-10-19-37(38)39)45-30-44(50-48(51-45)33-15-4-3-5-16-33)35-24-23-31-13-6-7-17-34(31)29-35/h3-30H,1-2H3. The van der Waals surface area contributed by atoms with Crippen LogP contribution in [0.1, 0.15) is 25.0 Å². The van der Waals surface area contributed by atoms with Gasteiger partial charge >= 0.3 is 0 Å². The number of rotatable bonds is 4. The Bertz CT molecular complexity index is 2830. The predicted molar refractivity (Wildman–Crippen MR) is 214 cm³/mol. The van der Waals surface area contributed by atoms with Crippen molar-refractivity contribution in [2.45, 2.75) is 19.3 Å². The minimum absolute atomic E-state index is 0.173. The van der Waals surface area contributed by atoms with E-state index in [4.69, 9.17) is 9.97 Å². The lowest BCUT2D eigenvalue weighted by molar-refractivity contribution is 0.668. The van der Waals surface area contributed by atoms with Crippen molar-refractivity contribution in [3.05, 3.63) is 181 Å². The van der Waals surface area contributed by atoms with E-state index in [0.29, 0.717) is 0 Å². The van der Waals surface area contributed by atoms with Gasteiger partial charge in [-0.3, -0.25) is 0 Å². The van der Waals surface area contributed by atoms with Gasteiger partial charge in [0, 0.05) is 22.1 Å². The van der Waals surface area contributed by atoms with Crippen LogP contribution < -0.4 is 0 Å². The van der Waals surface area contributed by atoms with Gasteiger partial charge in [0.25, 0.3) is 0 Å². The molecule has 2 heteroatoms. The maximum Gasteiger partial charge on any atom is 0.160 e. The zero-order valence-corrected chi connectivity index (χ0v) is 28.6. The van der Waals surface area contributed by atoms with Crippen LogP contribution in [0.3, 0.4) is 0 Å². The first-order valence-corrected chi connectivity index (χ1v) is 17.7. The smallest absolute Gasteiger partial charge is 0.160 e. The molecule has 0 saturated heterocycles. The van der Waals surface area contributed by atoms with Crippen molar-refractivity contribution in [1.82, 2.24) is 9.97 Å². The first-order chi connectivity index (χ1) is 25.0. The van der Waals surface area contributed by atoms with Crippen LogP contribution in [-0.2, 0) is 5.41 Å². The van der Waals surface area contributed by atoms with Crippen molar-refractivity contribution in [3.63, 3.8) is 0 Å². The third-order valence-electron chi connectivity index (χ3n) is 10.8. The van der Waals surface area contributed by atoms with Crippen LogP contribution >= 0.6 is 0 Å². The second kappa shape index (κ2) is 11.3. The van der Waals surface area contributed by atoms with E-state index < -0.39 is 0 Å². The van der Waals surface area contributed by atoms with Crippen molar-refractivity contribution in [3.8, 4) is 56.2 Å².